The molecule has 168 valence electrons. The van der Waals surface area contributed by atoms with Crippen molar-refractivity contribution in [1.29, 1.82) is 0 Å². The number of methoxy groups -OCH3 is 3. The van der Waals surface area contributed by atoms with Crippen molar-refractivity contribution >= 4 is 35.2 Å². The number of nitrogens with one attached hydrogen (secondary N) is 1. The lowest BCUT2D eigenvalue weighted by Crippen LogP contribution is -2.17. The predicted octanol–water partition coefficient (Wildman–Crippen LogP) is 4.45. The van der Waals surface area contributed by atoms with Gasteiger partial charge < -0.3 is 19.5 Å². The van der Waals surface area contributed by atoms with E-state index in [1.807, 2.05) is 30.3 Å². The molecule has 0 atom stereocenters. The molecule has 0 spiro atoms. The summed E-state index contributed by atoms with van der Waals surface area (Å²) < 4.78 is 14.8. The van der Waals surface area contributed by atoms with Crippen molar-refractivity contribution in [2.75, 3.05) is 26.6 Å². The van der Waals surface area contributed by atoms with E-state index in [9.17, 15) is 14.4 Å². The summed E-state index contributed by atoms with van der Waals surface area (Å²) >= 11 is 0. The maximum Gasteiger partial charge on any atom is 0.339 e. The lowest BCUT2D eigenvalue weighted by atomic mass is 10.0. The normalized spacial score (nSPS) is 10.8. The van der Waals surface area contributed by atoms with E-state index in [4.69, 9.17) is 14.2 Å². The number of hydrogen-bond donors (Lipinski definition) is 1. The molecule has 1 N–H and O–H groups in total. The molecule has 3 aromatic carbocycles. The van der Waals surface area contributed by atoms with Crippen LogP contribution in [-0.4, -0.2) is 39.2 Å². The molecular formula is C26H23NO6. The highest BCUT2D eigenvalue weighted by atomic mass is 16.5. The minimum Gasteiger partial charge on any atom is -0.497 e. The number of carbonyl (C=O) groups is 3. The molecule has 7 heteroatoms. The van der Waals surface area contributed by atoms with Crippen molar-refractivity contribution in [2.24, 2.45) is 0 Å². The Labute approximate surface area is 191 Å². The summed E-state index contributed by atoms with van der Waals surface area (Å²) in [6.07, 6.45) is 1.73. The van der Waals surface area contributed by atoms with Gasteiger partial charge in [0.25, 0.3) is 5.91 Å². The Hall–Kier alpha value is -4.39. The number of carbonyl (C=O) groups excluding carboxylic acids is 3. The van der Waals surface area contributed by atoms with Crippen LogP contribution in [0.3, 0.4) is 0 Å². The molecule has 0 radical (unpaired) electrons. The fourth-order valence-electron chi connectivity index (χ4n) is 3.13. The van der Waals surface area contributed by atoms with E-state index in [-0.39, 0.29) is 16.8 Å². The molecule has 0 bridgehead atoms. The van der Waals surface area contributed by atoms with Crippen molar-refractivity contribution < 1.29 is 28.6 Å². The van der Waals surface area contributed by atoms with Crippen molar-refractivity contribution in [2.45, 2.75) is 0 Å². The van der Waals surface area contributed by atoms with E-state index in [0.717, 1.165) is 5.56 Å². The average molecular weight is 445 g/mol. The first-order chi connectivity index (χ1) is 16.0. The highest BCUT2D eigenvalue weighted by Gasteiger charge is 2.20. The van der Waals surface area contributed by atoms with Crippen molar-refractivity contribution in [3.05, 3.63) is 95.1 Å². The fraction of sp³-hybridized carbons (Fsp3) is 0.115. The van der Waals surface area contributed by atoms with Crippen LogP contribution in [0.15, 0.2) is 72.8 Å². The molecule has 0 aliphatic carbocycles. The van der Waals surface area contributed by atoms with E-state index in [1.54, 1.807) is 37.5 Å². The van der Waals surface area contributed by atoms with E-state index in [0.29, 0.717) is 16.9 Å². The van der Waals surface area contributed by atoms with Gasteiger partial charge in [0.2, 0.25) is 0 Å². The molecule has 0 fully saturated rings. The van der Waals surface area contributed by atoms with Crippen LogP contribution in [0.2, 0.25) is 0 Å². The lowest BCUT2D eigenvalue weighted by Gasteiger charge is -2.14. The Morgan fingerprint density at radius 2 is 1.42 bits per heavy atom. The van der Waals surface area contributed by atoms with Gasteiger partial charge in [0.1, 0.15) is 5.75 Å². The smallest absolute Gasteiger partial charge is 0.339 e. The molecule has 1 amide bonds. The maximum atomic E-state index is 13.4. The third kappa shape index (κ3) is 5.65. The van der Waals surface area contributed by atoms with Crippen LogP contribution in [0.4, 0.5) is 5.69 Å². The number of esters is 2. The molecule has 0 heterocycles. The average Bonchev–Trinajstić information content (AvgIpc) is 2.87. The van der Waals surface area contributed by atoms with Gasteiger partial charge in [-0.3, -0.25) is 4.79 Å². The second-order valence-electron chi connectivity index (χ2n) is 6.89. The van der Waals surface area contributed by atoms with E-state index in [1.165, 1.54) is 32.4 Å². The summed E-state index contributed by atoms with van der Waals surface area (Å²) in [6.45, 7) is 0. The summed E-state index contributed by atoms with van der Waals surface area (Å²) in [5.74, 6) is -1.02. The van der Waals surface area contributed by atoms with Crippen LogP contribution < -0.4 is 10.1 Å². The largest absolute Gasteiger partial charge is 0.497 e. The van der Waals surface area contributed by atoms with Crippen LogP contribution in [0, 0.1) is 0 Å². The Morgan fingerprint density at radius 3 is 2.03 bits per heavy atom. The third-order valence-corrected chi connectivity index (χ3v) is 4.85. The minimum absolute atomic E-state index is 0.107. The monoisotopic (exact) mass is 445 g/mol. The second-order valence-corrected chi connectivity index (χ2v) is 6.89. The maximum absolute atomic E-state index is 13.4. The van der Waals surface area contributed by atoms with Crippen molar-refractivity contribution in [3.8, 4) is 5.75 Å². The molecule has 3 rings (SSSR count). The number of rotatable bonds is 7. The van der Waals surface area contributed by atoms with Gasteiger partial charge in [-0.2, -0.15) is 0 Å². The van der Waals surface area contributed by atoms with Gasteiger partial charge in [-0.15, -0.1) is 0 Å². The van der Waals surface area contributed by atoms with Gasteiger partial charge in [-0.05, 0) is 47.5 Å². The highest BCUT2D eigenvalue weighted by Crippen LogP contribution is 2.25. The van der Waals surface area contributed by atoms with Gasteiger partial charge in [-0.1, -0.05) is 42.5 Å². The Balaban J connectivity index is 2.04. The summed E-state index contributed by atoms with van der Waals surface area (Å²) in [6, 6.07) is 20.6. The summed E-state index contributed by atoms with van der Waals surface area (Å²) in [7, 11) is 4.07. The molecule has 0 aromatic heterocycles. The molecule has 0 aliphatic heterocycles. The molecule has 0 saturated carbocycles. The minimum atomic E-state index is -0.651. The van der Waals surface area contributed by atoms with Crippen LogP contribution >= 0.6 is 0 Å². The first kappa shape index (κ1) is 23.3. The van der Waals surface area contributed by atoms with Crippen LogP contribution in [-0.2, 0) is 14.3 Å². The highest BCUT2D eigenvalue weighted by molar-refractivity contribution is 6.29. The lowest BCUT2D eigenvalue weighted by molar-refractivity contribution is -0.111. The van der Waals surface area contributed by atoms with E-state index in [2.05, 4.69) is 5.32 Å². The number of amides is 1. The van der Waals surface area contributed by atoms with E-state index >= 15 is 0 Å². The van der Waals surface area contributed by atoms with Crippen LogP contribution in [0.5, 0.6) is 5.75 Å². The van der Waals surface area contributed by atoms with Gasteiger partial charge in [-0.25, -0.2) is 9.59 Å². The quantitative estimate of drug-likeness (QED) is 0.328. The summed E-state index contributed by atoms with van der Waals surface area (Å²) in [4.78, 5) is 37.6. The first-order valence-electron chi connectivity index (χ1n) is 10.00. The Morgan fingerprint density at radius 1 is 0.758 bits per heavy atom. The third-order valence-electron chi connectivity index (χ3n) is 4.85. The molecule has 7 nitrogen and oxygen atoms in total. The zero-order valence-corrected chi connectivity index (χ0v) is 18.5. The number of anilines is 1. The molecular weight excluding hydrogens is 422 g/mol. The first-order valence-corrected chi connectivity index (χ1v) is 10.00. The standard InChI is InChI=1S/C26H23NO6/c1-31-20-12-9-17(10-13-20)15-22(18-7-5-4-6-8-18)24(28)27-23-16-19(25(29)32-2)11-14-21(23)26(30)33-3/h4-16H,1-3H3,(H,27,28)/b22-15+. The molecule has 33 heavy (non-hydrogen) atoms. The van der Waals surface area contributed by atoms with Gasteiger partial charge in [0.05, 0.1) is 38.1 Å². The number of benzene rings is 3. The van der Waals surface area contributed by atoms with Crippen molar-refractivity contribution in [3.63, 3.8) is 0 Å². The topological polar surface area (TPSA) is 90.9 Å². The van der Waals surface area contributed by atoms with Crippen LogP contribution in [0.1, 0.15) is 31.8 Å². The van der Waals surface area contributed by atoms with Crippen LogP contribution in [0.25, 0.3) is 11.6 Å². The SMILES string of the molecule is COC(=O)c1ccc(C(=O)OC)c(NC(=O)/C(=C/c2ccc(OC)cc2)c2ccccc2)c1. The summed E-state index contributed by atoms with van der Waals surface area (Å²) in [5.41, 5.74) is 2.23. The molecule has 0 saturated heterocycles. The van der Waals surface area contributed by atoms with Gasteiger partial charge >= 0.3 is 11.9 Å². The van der Waals surface area contributed by atoms with Crippen molar-refractivity contribution in [1.82, 2.24) is 0 Å². The summed E-state index contributed by atoms with van der Waals surface area (Å²) in [5, 5.41) is 2.75. The Kier molecular flexibility index (Phi) is 7.60. The second kappa shape index (κ2) is 10.8. The number of ether oxygens (including phenoxy) is 3. The molecule has 0 unspecified atom stereocenters. The number of hydrogen-bond acceptors (Lipinski definition) is 6. The predicted molar refractivity (Wildman–Crippen MR) is 125 cm³/mol. The molecule has 0 aliphatic rings. The van der Waals surface area contributed by atoms with E-state index < -0.39 is 17.8 Å². The fourth-order valence-corrected chi connectivity index (χ4v) is 3.13. The zero-order valence-electron chi connectivity index (χ0n) is 18.5. The van der Waals surface area contributed by atoms with Gasteiger partial charge in [0, 0.05) is 5.57 Å². The zero-order chi connectivity index (χ0) is 23.8. The van der Waals surface area contributed by atoms with Gasteiger partial charge in [0.15, 0.2) is 0 Å². The molecule has 3 aromatic rings. The Bertz CT molecular complexity index is 1180.